The molecule has 1 heterocycles. The Bertz CT molecular complexity index is 760. The van der Waals surface area contributed by atoms with Crippen molar-refractivity contribution in [2.24, 2.45) is 7.05 Å². The Labute approximate surface area is 138 Å². The molecule has 10 heteroatoms. The van der Waals surface area contributed by atoms with E-state index in [2.05, 4.69) is 10.1 Å². The van der Waals surface area contributed by atoms with Crippen LogP contribution in [0.2, 0.25) is 0 Å². The molecule has 0 aliphatic carbocycles. The van der Waals surface area contributed by atoms with Gasteiger partial charge in [-0.3, -0.25) is 4.79 Å². The average Bonchev–Trinajstić information content (AvgIpc) is 2.91. The number of aromatic nitrogens is 1. The fourth-order valence-corrected chi connectivity index (χ4v) is 2.01. The molecule has 0 aliphatic heterocycles. The van der Waals surface area contributed by atoms with Crippen LogP contribution < -0.4 is 10.1 Å². The summed E-state index contributed by atoms with van der Waals surface area (Å²) in [6, 6.07) is 4.59. The number of rotatable bonds is 6. The van der Waals surface area contributed by atoms with Crippen molar-refractivity contribution in [2.75, 3.05) is 5.32 Å². The highest BCUT2D eigenvalue weighted by atomic mass is 19.3. The largest absolute Gasteiger partial charge is 0.461 e. The molecule has 25 heavy (non-hydrogen) atoms. The first kappa shape index (κ1) is 18.7. The number of nitrogens with one attached hydrogen (secondary N) is 1. The van der Waals surface area contributed by atoms with Crippen molar-refractivity contribution in [3.8, 4) is 5.75 Å². The molecule has 1 aromatic carbocycles. The van der Waals surface area contributed by atoms with Gasteiger partial charge in [-0.15, -0.1) is 0 Å². The zero-order valence-electron chi connectivity index (χ0n) is 12.7. The van der Waals surface area contributed by atoms with Gasteiger partial charge in [0.1, 0.15) is 5.75 Å². The number of nitrogens with zero attached hydrogens (tertiary/aromatic N) is 1. The molecule has 2 rings (SSSR count). The van der Waals surface area contributed by atoms with Gasteiger partial charge in [-0.05, 0) is 12.1 Å². The maximum absolute atomic E-state index is 13.1. The lowest BCUT2D eigenvalue weighted by molar-refractivity contribution is -0.252. The molecule has 0 unspecified atom stereocenters. The van der Waals surface area contributed by atoms with Gasteiger partial charge in [-0.2, -0.15) is 17.6 Å². The Balaban J connectivity index is 2.28. The second-order valence-corrected chi connectivity index (χ2v) is 5.01. The number of hydrogen-bond donors (Lipinski definition) is 1. The van der Waals surface area contributed by atoms with Gasteiger partial charge in [-0.25, -0.2) is 8.78 Å². The zero-order chi connectivity index (χ0) is 18.8. The minimum absolute atomic E-state index is 0.364. The third-order valence-electron chi connectivity index (χ3n) is 3.10. The van der Waals surface area contributed by atoms with E-state index in [-0.39, 0.29) is 11.3 Å². The Kier molecular flexibility index (Phi) is 5.29. The van der Waals surface area contributed by atoms with Crippen molar-refractivity contribution in [1.82, 2.24) is 4.57 Å². The third-order valence-corrected chi connectivity index (χ3v) is 3.10. The van der Waals surface area contributed by atoms with E-state index in [0.29, 0.717) is 0 Å². The van der Waals surface area contributed by atoms with Crippen LogP contribution in [0.3, 0.4) is 0 Å². The third kappa shape index (κ3) is 4.25. The predicted molar refractivity (Wildman–Crippen MR) is 76.3 cm³/mol. The smallest absolute Gasteiger partial charge is 0.426 e. The maximum atomic E-state index is 13.1. The fraction of sp³-hybridized carbons (Fsp3) is 0.267. The number of ether oxygens (including phenoxy) is 1. The molecule has 0 fully saturated rings. The van der Waals surface area contributed by atoms with Gasteiger partial charge < -0.3 is 14.6 Å². The number of carbonyl (C=O) groups excluding carboxylic acids is 1. The molecule has 0 atom stereocenters. The van der Waals surface area contributed by atoms with Crippen molar-refractivity contribution < 1.29 is 35.9 Å². The molecule has 1 aromatic heterocycles. The number of aryl methyl sites for hydroxylation is 1. The van der Waals surface area contributed by atoms with E-state index in [1.54, 1.807) is 0 Å². The number of benzene rings is 1. The van der Waals surface area contributed by atoms with Crippen molar-refractivity contribution in [1.29, 1.82) is 0 Å². The van der Waals surface area contributed by atoms with E-state index < -0.39 is 36.2 Å². The van der Waals surface area contributed by atoms with Crippen LogP contribution >= 0.6 is 0 Å². The van der Waals surface area contributed by atoms with Gasteiger partial charge in [-0.1, -0.05) is 12.1 Å². The Morgan fingerprint density at radius 1 is 1.16 bits per heavy atom. The van der Waals surface area contributed by atoms with Gasteiger partial charge in [0.2, 0.25) is 0 Å². The van der Waals surface area contributed by atoms with Gasteiger partial charge in [0.25, 0.3) is 12.3 Å². The lowest BCUT2D eigenvalue weighted by Crippen LogP contribution is -2.33. The van der Waals surface area contributed by atoms with Gasteiger partial charge >= 0.3 is 12.5 Å². The second-order valence-electron chi connectivity index (χ2n) is 5.01. The van der Waals surface area contributed by atoms with E-state index in [9.17, 15) is 31.1 Å². The van der Waals surface area contributed by atoms with Gasteiger partial charge in [0, 0.05) is 25.0 Å². The van der Waals surface area contributed by atoms with Crippen LogP contribution in [-0.4, -0.2) is 23.0 Å². The topological polar surface area (TPSA) is 43.3 Å². The summed E-state index contributed by atoms with van der Waals surface area (Å²) >= 11 is 0. The van der Waals surface area contributed by atoms with Gasteiger partial charge in [0.15, 0.2) is 0 Å². The highest BCUT2D eigenvalue weighted by molar-refractivity contribution is 6.06. The van der Waals surface area contributed by atoms with Crippen LogP contribution in [0.25, 0.3) is 0 Å². The number of amides is 1. The van der Waals surface area contributed by atoms with E-state index in [4.69, 9.17) is 0 Å². The standard InChI is InChI=1S/C15H12F6N2O2/c1-23-6-8(12(16)17)9(7-23)13(24)22-10-4-2-3-5-11(10)25-15(20,21)14(18)19/h2-7,12,14H,1H3,(H,22,24). The van der Waals surface area contributed by atoms with Crippen molar-refractivity contribution in [3.05, 3.63) is 47.8 Å². The lowest BCUT2D eigenvalue weighted by atomic mass is 10.2. The summed E-state index contributed by atoms with van der Waals surface area (Å²) < 4.78 is 81.7. The average molecular weight is 366 g/mol. The molecular weight excluding hydrogens is 354 g/mol. The molecule has 1 amide bonds. The summed E-state index contributed by atoms with van der Waals surface area (Å²) in [5.74, 6) is -1.75. The van der Waals surface area contributed by atoms with Crippen LogP contribution in [0.5, 0.6) is 5.75 Å². The van der Waals surface area contributed by atoms with Crippen molar-refractivity contribution >= 4 is 11.6 Å². The number of para-hydroxylation sites is 2. The molecule has 136 valence electrons. The summed E-state index contributed by atoms with van der Waals surface area (Å²) in [7, 11) is 1.42. The van der Waals surface area contributed by atoms with Crippen molar-refractivity contribution in [3.63, 3.8) is 0 Å². The lowest BCUT2D eigenvalue weighted by Gasteiger charge is -2.19. The van der Waals surface area contributed by atoms with E-state index in [1.165, 1.54) is 23.7 Å². The van der Waals surface area contributed by atoms with E-state index >= 15 is 0 Å². The molecule has 0 aliphatic rings. The van der Waals surface area contributed by atoms with Crippen LogP contribution in [0, 0.1) is 0 Å². The quantitative estimate of drug-likeness (QED) is 0.768. The summed E-state index contributed by atoms with van der Waals surface area (Å²) in [4.78, 5) is 12.2. The number of carbonyl (C=O) groups is 1. The van der Waals surface area contributed by atoms with Crippen LogP contribution in [0.4, 0.5) is 32.0 Å². The molecule has 0 spiro atoms. The summed E-state index contributed by atoms with van der Waals surface area (Å²) in [5, 5.41) is 2.11. The van der Waals surface area contributed by atoms with Gasteiger partial charge in [0.05, 0.1) is 11.3 Å². The minimum Gasteiger partial charge on any atom is -0.426 e. The molecular formula is C15H12F6N2O2. The molecule has 0 radical (unpaired) electrons. The summed E-state index contributed by atoms with van der Waals surface area (Å²) in [6.07, 6.45) is -9.64. The Hall–Kier alpha value is -2.65. The first-order chi connectivity index (χ1) is 11.6. The Morgan fingerprint density at radius 2 is 1.80 bits per heavy atom. The summed E-state index contributed by atoms with van der Waals surface area (Å²) in [6.45, 7) is 0. The second kappa shape index (κ2) is 7.08. The minimum atomic E-state index is -4.78. The summed E-state index contributed by atoms with van der Waals surface area (Å²) in [5.41, 5.74) is -1.30. The molecule has 2 aromatic rings. The number of alkyl halides is 6. The van der Waals surface area contributed by atoms with Crippen LogP contribution in [0.1, 0.15) is 22.3 Å². The highest BCUT2D eigenvalue weighted by Gasteiger charge is 2.44. The normalized spacial score (nSPS) is 11.9. The monoisotopic (exact) mass is 366 g/mol. The number of anilines is 1. The van der Waals surface area contributed by atoms with Crippen LogP contribution in [-0.2, 0) is 7.05 Å². The molecule has 0 saturated heterocycles. The molecule has 4 nitrogen and oxygen atoms in total. The van der Waals surface area contributed by atoms with Crippen LogP contribution in [0.15, 0.2) is 36.7 Å². The molecule has 0 saturated carbocycles. The zero-order valence-corrected chi connectivity index (χ0v) is 12.7. The fourth-order valence-electron chi connectivity index (χ4n) is 2.01. The Morgan fingerprint density at radius 3 is 2.40 bits per heavy atom. The highest BCUT2D eigenvalue weighted by Crippen LogP contribution is 2.33. The predicted octanol–water partition coefficient (Wildman–Crippen LogP) is 4.45. The van der Waals surface area contributed by atoms with Crippen molar-refractivity contribution in [2.45, 2.75) is 19.0 Å². The molecule has 1 N–H and O–H groups in total. The first-order valence-electron chi connectivity index (χ1n) is 6.81. The number of hydrogen-bond acceptors (Lipinski definition) is 2. The maximum Gasteiger partial charge on any atom is 0.461 e. The van der Waals surface area contributed by atoms with E-state index in [0.717, 1.165) is 24.5 Å². The first-order valence-corrected chi connectivity index (χ1v) is 6.81. The molecule has 0 bridgehead atoms. The SMILES string of the molecule is Cn1cc(C(=O)Nc2ccccc2OC(F)(F)C(F)F)c(C(F)F)c1. The number of halogens is 6. The van der Waals surface area contributed by atoms with E-state index in [1.807, 2.05) is 0 Å².